The van der Waals surface area contributed by atoms with Gasteiger partial charge in [-0.2, -0.15) is 0 Å². The third-order valence-corrected chi connectivity index (χ3v) is 12.3. The number of nitrogens with two attached hydrogens (primary N) is 1. The highest BCUT2D eigenvalue weighted by atomic mass is 16.5. The number of fused-ring (bicyclic) bond motifs is 4. The molecule has 0 radical (unpaired) electrons. The Kier molecular flexibility index (Phi) is 4.16. The molecular weight excluding hydrogens is 474 g/mol. The molecule has 2 aromatic rings. The third kappa shape index (κ3) is 2.51. The Labute approximate surface area is 223 Å². The van der Waals surface area contributed by atoms with Crippen LogP contribution in [0.4, 0.5) is 0 Å². The second-order valence-corrected chi connectivity index (χ2v) is 13.9. The Morgan fingerprint density at radius 2 is 2.00 bits per heavy atom. The summed E-state index contributed by atoms with van der Waals surface area (Å²) < 4.78 is 7.45. The second kappa shape index (κ2) is 6.97. The van der Waals surface area contributed by atoms with E-state index in [2.05, 4.69) is 29.0 Å². The van der Waals surface area contributed by atoms with Gasteiger partial charge in [0.05, 0.1) is 17.3 Å². The van der Waals surface area contributed by atoms with E-state index in [-0.39, 0.29) is 11.5 Å². The fourth-order valence-electron chi connectivity index (χ4n) is 10.2. The van der Waals surface area contributed by atoms with Gasteiger partial charge in [0.15, 0.2) is 0 Å². The van der Waals surface area contributed by atoms with Gasteiger partial charge in [-0.05, 0) is 84.6 Å². The number of nitrogens with zero attached hydrogens (tertiary/aromatic N) is 2. The number of ether oxygens (including phenoxy) is 1. The molecule has 6 nitrogen and oxygen atoms in total. The first-order chi connectivity index (χ1) is 18.3. The Bertz CT molecular complexity index is 1450. The predicted molar refractivity (Wildman–Crippen MR) is 144 cm³/mol. The molecule has 2 unspecified atom stereocenters. The van der Waals surface area contributed by atoms with E-state index >= 15 is 0 Å². The SMILES string of the molecule is C[C@]12CC=C3C=C4[C@H]5CC5[C@@H](N5CC(N)C5)C[C@]45CCC3(O5)[C@@H]1C[C@@H](O)[C@]2(O)c1ccc2ccncc2c1. The van der Waals surface area contributed by atoms with Crippen molar-refractivity contribution in [2.75, 3.05) is 13.1 Å². The minimum atomic E-state index is -1.36. The van der Waals surface area contributed by atoms with Crippen LogP contribution in [0.1, 0.15) is 51.0 Å². The van der Waals surface area contributed by atoms with Gasteiger partial charge in [0, 0.05) is 54.3 Å². The number of hydrogen-bond donors (Lipinski definition) is 3. The Morgan fingerprint density at radius 1 is 1.13 bits per heavy atom. The highest BCUT2D eigenvalue weighted by Gasteiger charge is 2.74. The van der Waals surface area contributed by atoms with E-state index in [1.54, 1.807) is 11.8 Å². The largest absolute Gasteiger partial charge is 0.390 e. The van der Waals surface area contributed by atoms with Crippen molar-refractivity contribution in [3.05, 3.63) is 65.5 Å². The maximum atomic E-state index is 12.5. The predicted octanol–water partition coefficient (Wildman–Crippen LogP) is 3.42. The van der Waals surface area contributed by atoms with Gasteiger partial charge in [-0.1, -0.05) is 31.2 Å². The molecule has 4 heterocycles. The summed E-state index contributed by atoms with van der Waals surface area (Å²) in [5.74, 6) is 1.45. The normalized spacial score (nSPS) is 48.9. The molecule has 9 rings (SSSR count). The Morgan fingerprint density at radius 3 is 2.84 bits per heavy atom. The van der Waals surface area contributed by atoms with Gasteiger partial charge >= 0.3 is 0 Å². The van der Waals surface area contributed by atoms with Crippen LogP contribution in [0.25, 0.3) is 10.8 Å². The molecule has 2 spiro atoms. The van der Waals surface area contributed by atoms with Gasteiger partial charge in [-0.3, -0.25) is 9.88 Å². The molecule has 7 aliphatic rings. The van der Waals surface area contributed by atoms with E-state index in [1.165, 1.54) is 12.0 Å². The lowest BCUT2D eigenvalue weighted by molar-refractivity contribution is -0.177. The maximum Gasteiger partial charge on any atom is 0.121 e. The molecule has 1 aromatic heterocycles. The summed E-state index contributed by atoms with van der Waals surface area (Å²) in [6.45, 7) is 4.22. The molecule has 0 amide bonds. The Balaban J connectivity index is 1.13. The van der Waals surface area contributed by atoms with Crippen LogP contribution in [-0.2, 0) is 10.3 Å². The molecule has 4 aliphatic carbocycles. The van der Waals surface area contributed by atoms with Crippen LogP contribution in [0.15, 0.2) is 60.0 Å². The number of aliphatic hydroxyl groups is 2. The zero-order chi connectivity index (χ0) is 25.7. The van der Waals surface area contributed by atoms with Crippen molar-refractivity contribution in [1.82, 2.24) is 9.88 Å². The number of pyridine rings is 1. The smallest absolute Gasteiger partial charge is 0.121 e. The first-order valence-corrected chi connectivity index (χ1v) is 14.6. The van der Waals surface area contributed by atoms with Crippen LogP contribution in [0.3, 0.4) is 0 Å². The fourth-order valence-corrected chi connectivity index (χ4v) is 10.2. The van der Waals surface area contributed by atoms with Gasteiger partial charge in [0.2, 0.25) is 0 Å². The summed E-state index contributed by atoms with van der Waals surface area (Å²) >= 11 is 0. The van der Waals surface area contributed by atoms with Crippen LogP contribution >= 0.6 is 0 Å². The minimum Gasteiger partial charge on any atom is -0.390 e. The number of aromatic nitrogens is 1. The number of aliphatic hydroxyl groups excluding tert-OH is 1. The molecule has 1 aromatic carbocycles. The number of allylic oxidation sites excluding steroid dienone is 1. The van der Waals surface area contributed by atoms with Gasteiger partial charge in [0.25, 0.3) is 0 Å². The van der Waals surface area contributed by atoms with E-state index in [0.717, 1.165) is 61.0 Å². The number of likely N-dealkylation sites (tertiary alicyclic amines) is 1. The summed E-state index contributed by atoms with van der Waals surface area (Å²) in [4.78, 5) is 6.90. The average molecular weight is 512 g/mol. The Hall–Kier alpha value is -2.09. The van der Waals surface area contributed by atoms with Crippen molar-refractivity contribution in [2.45, 2.75) is 80.4 Å². The van der Waals surface area contributed by atoms with E-state index in [4.69, 9.17) is 10.5 Å². The number of benzene rings is 1. The first kappa shape index (κ1) is 22.7. The van der Waals surface area contributed by atoms with Crippen LogP contribution in [0, 0.1) is 23.2 Å². The molecule has 3 saturated carbocycles. The fraction of sp³-hybridized carbons (Fsp3) is 0.594. The van der Waals surface area contributed by atoms with Gasteiger partial charge in [-0.15, -0.1) is 0 Å². The molecule has 2 bridgehead atoms. The van der Waals surface area contributed by atoms with Crippen molar-refractivity contribution < 1.29 is 14.9 Å². The zero-order valence-corrected chi connectivity index (χ0v) is 22.0. The highest BCUT2D eigenvalue weighted by molar-refractivity contribution is 5.82. The molecule has 2 saturated heterocycles. The standard InChI is InChI=1S/C32H37N3O3/c1-29-6-4-20-11-25-23-12-24(23)26(35-16-22(33)17-35)14-30(25)7-8-31(20,38-30)27(29)13-28(36)32(29,37)21-3-2-18-5-9-34-15-19(18)10-21/h2-5,9-11,15,22-24,26-28,36-37H,6-8,12-14,16-17,33H2,1H3/t23-,24?,26-,27+,28+,29-,30+,31?,32+/m0/s1. The van der Waals surface area contributed by atoms with E-state index in [9.17, 15) is 10.2 Å². The minimum absolute atomic E-state index is 0.0459. The summed E-state index contributed by atoms with van der Waals surface area (Å²) in [7, 11) is 0. The molecule has 198 valence electrons. The molecule has 6 heteroatoms. The molecule has 3 aliphatic heterocycles. The third-order valence-electron chi connectivity index (χ3n) is 12.3. The van der Waals surface area contributed by atoms with Crippen LogP contribution < -0.4 is 5.73 Å². The molecule has 4 N–H and O–H groups in total. The van der Waals surface area contributed by atoms with Crippen molar-refractivity contribution in [1.29, 1.82) is 0 Å². The van der Waals surface area contributed by atoms with E-state index in [0.29, 0.717) is 24.4 Å². The van der Waals surface area contributed by atoms with Crippen LogP contribution in [0.2, 0.25) is 0 Å². The van der Waals surface area contributed by atoms with Crippen molar-refractivity contribution in [3.63, 3.8) is 0 Å². The van der Waals surface area contributed by atoms with E-state index in [1.807, 2.05) is 30.5 Å². The first-order valence-electron chi connectivity index (χ1n) is 14.6. The van der Waals surface area contributed by atoms with Crippen molar-refractivity contribution in [2.24, 2.45) is 28.9 Å². The monoisotopic (exact) mass is 511 g/mol. The maximum absolute atomic E-state index is 12.5. The topological polar surface area (TPSA) is 91.8 Å². The van der Waals surface area contributed by atoms with Gasteiger partial charge in [-0.25, -0.2) is 0 Å². The molecular formula is C32H37N3O3. The second-order valence-electron chi connectivity index (χ2n) is 13.9. The quantitative estimate of drug-likeness (QED) is 0.572. The van der Waals surface area contributed by atoms with Crippen LogP contribution in [-0.4, -0.2) is 62.6 Å². The highest BCUT2D eigenvalue weighted by Crippen LogP contribution is 2.73. The lowest BCUT2D eigenvalue weighted by Gasteiger charge is -2.56. The van der Waals surface area contributed by atoms with Gasteiger partial charge in [0.1, 0.15) is 5.60 Å². The summed E-state index contributed by atoms with van der Waals surface area (Å²) in [5, 5.41) is 26.3. The lowest BCUT2D eigenvalue weighted by atomic mass is 9.56. The van der Waals surface area contributed by atoms with Crippen molar-refractivity contribution in [3.8, 4) is 0 Å². The molecule has 9 atom stereocenters. The zero-order valence-electron chi connectivity index (χ0n) is 22.0. The molecule has 5 fully saturated rings. The number of rotatable bonds is 2. The summed E-state index contributed by atoms with van der Waals surface area (Å²) in [6, 6.07) is 8.96. The van der Waals surface area contributed by atoms with Gasteiger partial charge < -0.3 is 20.7 Å². The van der Waals surface area contributed by atoms with E-state index < -0.39 is 22.7 Å². The summed E-state index contributed by atoms with van der Waals surface area (Å²) in [6.07, 6.45) is 13.3. The summed E-state index contributed by atoms with van der Waals surface area (Å²) in [5.41, 5.74) is 7.30. The van der Waals surface area contributed by atoms with Crippen molar-refractivity contribution >= 4 is 10.8 Å². The average Bonchev–Trinajstić information content (AvgIpc) is 3.60. The number of hydrogen-bond acceptors (Lipinski definition) is 6. The molecule has 38 heavy (non-hydrogen) atoms. The van der Waals surface area contributed by atoms with Crippen LogP contribution in [0.5, 0.6) is 0 Å². The lowest BCUT2D eigenvalue weighted by Crippen LogP contribution is -2.63.